The Balaban J connectivity index is 2.09. The fraction of sp³-hybridized carbons (Fsp3) is 0.158. The Morgan fingerprint density at radius 3 is 2.60 bits per heavy atom. The van der Waals surface area contributed by atoms with Crippen LogP contribution < -0.4 is 5.32 Å². The van der Waals surface area contributed by atoms with Gasteiger partial charge in [0.25, 0.3) is 5.91 Å². The number of carbonyl (C=O) groups is 1. The van der Waals surface area contributed by atoms with E-state index in [2.05, 4.69) is 10.4 Å². The van der Waals surface area contributed by atoms with Crippen LogP contribution in [0.2, 0.25) is 5.02 Å². The minimum Gasteiger partial charge on any atom is -0.351 e. The highest BCUT2D eigenvalue weighted by Crippen LogP contribution is 2.24. The van der Waals surface area contributed by atoms with Gasteiger partial charge in [0.05, 0.1) is 11.4 Å². The first-order valence-electron chi connectivity index (χ1n) is 7.99. The van der Waals surface area contributed by atoms with Gasteiger partial charge in [-0.2, -0.15) is 5.10 Å². The van der Waals surface area contributed by atoms with E-state index in [0.29, 0.717) is 34.2 Å². The number of rotatable bonds is 5. The lowest BCUT2D eigenvalue weighted by Crippen LogP contribution is -2.26. The van der Waals surface area contributed by atoms with Crippen LogP contribution in [0.15, 0.2) is 54.6 Å². The molecular formula is C19H17ClFN3O. The van der Waals surface area contributed by atoms with Gasteiger partial charge in [-0.3, -0.25) is 4.79 Å². The molecular weight excluding hydrogens is 341 g/mol. The van der Waals surface area contributed by atoms with Crippen molar-refractivity contribution in [3.8, 4) is 16.9 Å². The predicted molar refractivity (Wildman–Crippen MR) is 96.6 cm³/mol. The number of nitrogens with one attached hydrogen (secondary N) is 1. The molecule has 0 fully saturated rings. The third-order valence-electron chi connectivity index (χ3n) is 3.70. The number of benzene rings is 2. The van der Waals surface area contributed by atoms with E-state index in [-0.39, 0.29) is 11.7 Å². The highest BCUT2D eigenvalue weighted by molar-refractivity contribution is 6.30. The molecule has 0 saturated carbocycles. The zero-order valence-electron chi connectivity index (χ0n) is 13.7. The van der Waals surface area contributed by atoms with Crippen LogP contribution in [0.5, 0.6) is 0 Å². The van der Waals surface area contributed by atoms with Crippen LogP contribution in [0.3, 0.4) is 0 Å². The Bertz CT molecular complexity index is 890. The summed E-state index contributed by atoms with van der Waals surface area (Å²) >= 11 is 5.93. The first-order chi connectivity index (χ1) is 12.1. The molecule has 0 spiro atoms. The number of halogens is 2. The molecule has 0 radical (unpaired) electrons. The molecule has 0 unspecified atom stereocenters. The molecule has 0 bridgehead atoms. The minimum atomic E-state index is -0.385. The predicted octanol–water partition coefficient (Wildman–Crippen LogP) is 4.47. The van der Waals surface area contributed by atoms with Gasteiger partial charge < -0.3 is 5.32 Å². The number of amides is 1. The zero-order valence-corrected chi connectivity index (χ0v) is 14.4. The Hall–Kier alpha value is -2.66. The quantitative estimate of drug-likeness (QED) is 0.732. The van der Waals surface area contributed by atoms with E-state index in [1.807, 2.05) is 6.92 Å². The van der Waals surface area contributed by atoms with Gasteiger partial charge >= 0.3 is 0 Å². The molecule has 0 aliphatic heterocycles. The lowest BCUT2D eigenvalue weighted by Gasteiger charge is -2.07. The van der Waals surface area contributed by atoms with Crippen LogP contribution in [-0.4, -0.2) is 22.2 Å². The van der Waals surface area contributed by atoms with Crippen molar-refractivity contribution in [1.29, 1.82) is 0 Å². The number of hydrogen-bond acceptors (Lipinski definition) is 2. The maximum atomic E-state index is 14.1. The van der Waals surface area contributed by atoms with Gasteiger partial charge in [0.15, 0.2) is 0 Å². The second-order valence-corrected chi connectivity index (χ2v) is 5.98. The molecule has 0 atom stereocenters. The van der Waals surface area contributed by atoms with Crippen LogP contribution in [0.4, 0.5) is 4.39 Å². The fourth-order valence-corrected chi connectivity index (χ4v) is 2.58. The number of aromatic nitrogens is 2. The van der Waals surface area contributed by atoms with Gasteiger partial charge in [-0.05, 0) is 48.9 Å². The molecule has 1 heterocycles. The van der Waals surface area contributed by atoms with Crippen molar-refractivity contribution >= 4 is 17.5 Å². The lowest BCUT2D eigenvalue weighted by molar-refractivity contribution is 0.0946. The summed E-state index contributed by atoms with van der Waals surface area (Å²) in [5.74, 6) is -0.643. The topological polar surface area (TPSA) is 46.9 Å². The van der Waals surface area contributed by atoms with Crippen LogP contribution in [-0.2, 0) is 0 Å². The van der Waals surface area contributed by atoms with E-state index < -0.39 is 0 Å². The number of nitrogens with zero attached hydrogens (tertiary/aromatic N) is 2. The van der Waals surface area contributed by atoms with Crippen molar-refractivity contribution in [2.24, 2.45) is 0 Å². The third kappa shape index (κ3) is 3.72. The summed E-state index contributed by atoms with van der Waals surface area (Å²) in [5.41, 5.74) is 1.76. The average Bonchev–Trinajstić information content (AvgIpc) is 3.06. The van der Waals surface area contributed by atoms with E-state index in [4.69, 9.17) is 11.6 Å². The van der Waals surface area contributed by atoms with E-state index in [1.54, 1.807) is 48.5 Å². The average molecular weight is 358 g/mol. The molecule has 1 N–H and O–H groups in total. The monoisotopic (exact) mass is 357 g/mol. The Morgan fingerprint density at radius 2 is 1.92 bits per heavy atom. The summed E-state index contributed by atoms with van der Waals surface area (Å²) in [6.45, 7) is 2.53. The Morgan fingerprint density at radius 1 is 1.20 bits per heavy atom. The first-order valence-corrected chi connectivity index (χ1v) is 8.37. The second-order valence-electron chi connectivity index (χ2n) is 5.54. The molecule has 4 nitrogen and oxygen atoms in total. The van der Waals surface area contributed by atoms with Crippen LogP contribution in [0.1, 0.15) is 23.8 Å². The maximum absolute atomic E-state index is 14.1. The van der Waals surface area contributed by atoms with Crippen LogP contribution in [0, 0.1) is 5.82 Å². The zero-order chi connectivity index (χ0) is 17.8. The van der Waals surface area contributed by atoms with Crippen molar-refractivity contribution < 1.29 is 9.18 Å². The number of hydrogen-bond donors (Lipinski definition) is 1. The third-order valence-corrected chi connectivity index (χ3v) is 3.95. The number of carbonyl (C=O) groups excluding carboxylic acids is 1. The smallest absolute Gasteiger partial charge is 0.270 e. The van der Waals surface area contributed by atoms with Gasteiger partial charge in [0.1, 0.15) is 11.5 Å². The van der Waals surface area contributed by atoms with E-state index >= 15 is 0 Å². The summed E-state index contributed by atoms with van der Waals surface area (Å²) in [6.07, 6.45) is 0.820. The molecule has 6 heteroatoms. The molecule has 1 amide bonds. The van der Waals surface area contributed by atoms with E-state index in [1.165, 1.54) is 10.7 Å². The Labute approximate surface area is 150 Å². The van der Waals surface area contributed by atoms with Gasteiger partial charge in [0.2, 0.25) is 0 Å². The normalized spacial score (nSPS) is 10.7. The standard InChI is InChI=1S/C19H17ClFN3O/c1-2-11-22-19(25)18-12-17(15-5-3-4-6-16(15)21)23-24(18)14-9-7-13(20)8-10-14/h3-10,12H,2,11H2,1H3,(H,22,25). The summed E-state index contributed by atoms with van der Waals surface area (Å²) < 4.78 is 15.6. The van der Waals surface area contributed by atoms with Crippen molar-refractivity contribution in [2.75, 3.05) is 6.54 Å². The highest BCUT2D eigenvalue weighted by atomic mass is 35.5. The molecule has 3 aromatic rings. The van der Waals surface area contributed by atoms with Gasteiger partial charge in [-0.1, -0.05) is 30.7 Å². The largest absolute Gasteiger partial charge is 0.351 e. The van der Waals surface area contributed by atoms with Crippen molar-refractivity contribution in [1.82, 2.24) is 15.1 Å². The summed E-state index contributed by atoms with van der Waals surface area (Å²) in [6, 6.07) is 14.9. The molecule has 2 aromatic carbocycles. The Kier molecular flexibility index (Phi) is 5.14. The van der Waals surface area contributed by atoms with Crippen molar-refractivity contribution in [3.63, 3.8) is 0 Å². The van der Waals surface area contributed by atoms with Gasteiger partial charge in [0, 0.05) is 17.1 Å². The first kappa shape index (κ1) is 17.2. The molecule has 0 saturated heterocycles. The molecule has 128 valence electrons. The second kappa shape index (κ2) is 7.49. The maximum Gasteiger partial charge on any atom is 0.270 e. The minimum absolute atomic E-state index is 0.258. The molecule has 3 rings (SSSR count). The lowest BCUT2D eigenvalue weighted by atomic mass is 10.1. The van der Waals surface area contributed by atoms with Gasteiger partial charge in [-0.25, -0.2) is 9.07 Å². The van der Waals surface area contributed by atoms with E-state index in [9.17, 15) is 9.18 Å². The highest BCUT2D eigenvalue weighted by Gasteiger charge is 2.18. The molecule has 1 aromatic heterocycles. The fourth-order valence-electron chi connectivity index (χ4n) is 2.45. The van der Waals surface area contributed by atoms with Crippen LogP contribution in [0.25, 0.3) is 16.9 Å². The van der Waals surface area contributed by atoms with Crippen molar-refractivity contribution in [2.45, 2.75) is 13.3 Å². The van der Waals surface area contributed by atoms with Crippen LogP contribution >= 0.6 is 11.6 Å². The SMILES string of the molecule is CCCNC(=O)c1cc(-c2ccccc2F)nn1-c1ccc(Cl)cc1. The van der Waals surface area contributed by atoms with Crippen molar-refractivity contribution in [3.05, 3.63) is 71.1 Å². The molecule has 25 heavy (non-hydrogen) atoms. The van der Waals surface area contributed by atoms with Gasteiger partial charge in [-0.15, -0.1) is 0 Å². The molecule has 0 aliphatic rings. The summed E-state index contributed by atoms with van der Waals surface area (Å²) in [4.78, 5) is 12.5. The summed E-state index contributed by atoms with van der Waals surface area (Å²) in [5, 5.41) is 7.86. The molecule has 0 aliphatic carbocycles. The van der Waals surface area contributed by atoms with E-state index in [0.717, 1.165) is 6.42 Å². The summed E-state index contributed by atoms with van der Waals surface area (Å²) in [7, 11) is 0.